The van der Waals surface area contributed by atoms with Crippen molar-refractivity contribution in [1.82, 2.24) is 9.88 Å². The van der Waals surface area contributed by atoms with E-state index in [2.05, 4.69) is 20.1 Å². The summed E-state index contributed by atoms with van der Waals surface area (Å²) in [6.07, 6.45) is -5.78. The Morgan fingerprint density at radius 1 is 1.16 bits per heavy atom. The third kappa shape index (κ3) is 6.54. The minimum atomic E-state index is -5.38. The molecule has 1 aromatic carbocycles. The van der Waals surface area contributed by atoms with Crippen molar-refractivity contribution in [2.45, 2.75) is 19.3 Å². The van der Waals surface area contributed by atoms with Crippen LogP contribution in [0.3, 0.4) is 0 Å². The van der Waals surface area contributed by atoms with Crippen LogP contribution in [-0.2, 0) is 33.2 Å². The van der Waals surface area contributed by atoms with Crippen molar-refractivity contribution in [3.63, 3.8) is 0 Å². The number of hydrogen-bond donors (Lipinski definition) is 4. The van der Waals surface area contributed by atoms with Crippen LogP contribution in [0.15, 0.2) is 27.9 Å². The number of anilines is 1. The van der Waals surface area contributed by atoms with Crippen molar-refractivity contribution < 1.29 is 50.4 Å². The number of benzene rings is 1. The molecule has 3 rings (SSSR count). The predicted octanol–water partition coefficient (Wildman–Crippen LogP) is 3.71. The van der Waals surface area contributed by atoms with Crippen molar-refractivity contribution >= 4 is 47.3 Å². The van der Waals surface area contributed by atoms with Crippen LogP contribution in [0.2, 0.25) is 0 Å². The highest BCUT2D eigenvalue weighted by Crippen LogP contribution is 2.39. The number of carbonyl (C=O) groups is 2. The first-order valence-electron chi connectivity index (χ1n) is 10.2. The molecule has 38 heavy (non-hydrogen) atoms. The molecule has 4 N–H and O–H groups in total. The Labute approximate surface area is 218 Å². The molecule has 0 radical (unpaired) electrons. The molecule has 2 amide bonds. The number of aromatic nitrogens is 1. The van der Waals surface area contributed by atoms with Crippen LogP contribution in [0.1, 0.15) is 21.5 Å². The molecule has 0 aliphatic rings. The first-order chi connectivity index (χ1) is 17.7. The van der Waals surface area contributed by atoms with Crippen molar-refractivity contribution in [3.05, 3.63) is 56.0 Å². The lowest BCUT2D eigenvalue weighted by molar-refractivity contribution is -0.142. The molecule has 0 spiro atoms. The van der Waals surface area contributed by atoms with Crippen LogP contribution in [0.4, 0.5) is 27.0 Å². The molecule has 2 aromatic heterocycles. The Kier molecular flexibility index (Phi) is 8.90. The standard InChI is InChI=1S/C20H18F5N4O6PS2/c1-26-17(31)14-9(6-37-18(14)27-2)5-13(30)28-19-29(8-35-36(32,33)34)12(7-38-19)10-3-4-11(21)15(16(10)22)20(23,24)25/h3-4,6-7,27H,5,8H2,1-2H3,(H,26,31)(H2,32,33,34). The van der Waals surface area contributed by atoms with Crippen LogP contribution in [0.5, 0.6) is 0 Å². The number of alkyl halides is 3. The summed E-state index contributed by atoms with van der Waals surface area (Å²) < 4.78 is 84.7. The molecule has 206 valence electrons. The Morgan fingerprint density at radius 3 is 2.42 bits per heavy atom. The fraction of sp³-hybridized carbons (Fsp3) is 0.250. The second-order valence-corrected chi connectivity index (χ2v) is 10.3. The van der Waals surface area contributed by atoms with Gasteiger partial charge >= 0.3 is 14.0 Å². The quantitative estimate of drug-likeness (QED) is 0.228. The van der Waals surface area contributed by atoms with Gasteiger partial charge in [0.15, 0.2) is 4.80 Å². The van der Waals surface area contributed by atoms with Gasteiger partial charge in [0, 0.05) is 25.0 Å². The number of amides is 2. The summed E-state index contributed by atoms with van der Waals surface area (Å²) >= 11 is 1.77. The minimum absolute atomic E-state index is 0.196. The zero-order valence-corrected chi connectivity index (χ0v) is 21.8. The number of phosphoric ester groups is 1. The number of phosphoric acid groups is 1. The van der Waals surface area contributed by atoms with E-state index in [0.29, 0.717) is 34.0 Å². The molecule has 3 aromatic rings. The Hall–Kier alpha value is -2.95. The Morgan fingerprint density at radius 2 is 1.84 bits per heavy atom. The van der Waals surface area contributed by atoms with Gasteiger partial charge in [-0.2, -0.15) is 18.2 Å². The lowest BCUT2D eigenvalue weighted by Crippen LogP contribution is -2.22. The molecule has 0 aliphatic carbocycles. The molecule has 18 heteroatoms. The molecular formula is C20H18F5N4O6PS2. The maximum Gasteiger partial charge on any atom is 0.471 e. The van der Waals surface area contributed by atoms with Crippen LogP contribution in [0, 0.1) is 11.6 Å². The summed E-state index contributed by atoms with van der Waals surface area (Å²) in [5.74, 6) is -5.17. The summed E-state index contributed by atoms with van der Waals surface area (Å²) in [5.41, 5.74) is -2.87. The fourth-order valence-electron chi connectivity index (χ4n) is 3.29. The van der Waals surface area contributed by atoms with Crippen molar-refractivity contribution in [1.29, 1.82) is 0 Å². The van der Waals surface area contributed by atoms with Gasteiger partial charge in [-0.15, -0.1) is 22.7 Å². The molecule has 0 fully saturated rings. The third-order valence-corrected chi connectivity index (χ3v) is 7.28. The summed E-state index contributed by atoms with van der Waals surface area (Å²) in [5, 5.41) is 8.34. The van der Waals surface area contributed by atoms with E-state index in [-0.39, 0.29) is 10.4 Å². The highest BCUT2D eigenvalue weighted by Gasteiger charge is 2.39. The van der Waals surface area contributed by atoms with E-state index in [1.165, 1.54) is 7.05 Å². The molecule has 0 atom stereocenters. The van der Waals surface area contributed by atoms with Gasteiger partial charge in [-0.3, -0.25) is 18.7 Å². The second kappa shape index (κ2) is 11.4. The van der Waals surface area contributed by atoms with E-state index < -0.39 is 67.4 Å². The lowest BCUT2D eigenvalue weighted by atomic mass is 10.1. The predicted molar refractivity (Wildman–Crippen MR) is 127 cm³/mol. The smallest absolute Gasteiger partial charge is 0.379 e. The molecule has 10 nitrogen and oxygen atoms in total. The van der Waals surface area contributed by atoms with Crippen LogP contribution < -0.4 is 15.4 Å². The molecule has 0 aliphatic heterocycles. The van der Waals surface area contributed by atoms with Crippen LogP contribution in [0.25, 0.3) is 11.3 Å². The van der Waals surface area contributed by atoms with Crippen molar-refractivity contribution in [2.75, 3.05) is 19.4 Å². The van der Waals surface area contributed by atoms with Gasteiger partial charge < -0.3 is 20.4 Å². The number of nitrogens with one attached hydrogen (secondary N) is 2. The van der Waals surface area contributed by atoms with Gasteiger partial charge in [-0.1, -0.05) is 0 Å². The fourth-order valence-corrected chi connectivity index (χ4v) is 5.38. The molecule has 0 unspecified atom stereocenters. The van der Waals surface area contributed by atoms with E-state index >= 15 is 0 Å². The first-order valence-corrected chi connectivity index (χ1v) is 13.5. The number of thiazole rings is 1. The van der Waals surface area contributed by atoms with Gasteiger partial charge in [0.1, 0.15) is 28.9 Å². The number of hydrogen-bond acceptors (Lipinski definition) is 7. The average Bonchev–Trinajstić information content (AvgIpc) is 3.39. The minimum Gasteiger partial charge on any atom is -0.379 e. The molecule has 0 bridgehead atoms. The molecule has 0 saturated heterocycles. The summed E-state index contributed by atoms with van der Waals surface area (Å²) in [7, 11) is -2.16. The van der Waals surface area contributed by atoms with Crippen LogP contribution >= 0.6 is 30.5 Å². The normalized spacial score (nSPS) is 12.6. The number of carbonyl (C=O) groups excluding carboxylic acids is 2. The SMILES string of the molecule is CNC(=O)c1c(CC(=O)N=c2scc(-c3ccc(F)c(C(F)(F)F)c3F)n2COP(=O)(O)O)csc1NC. The Bertz CT molecular complexity index is 1490. The molecular weight excluding hydrogens is 582 g/mol. The molecule has 2 heterocycles. The van der Waals surface area contributed by atoms with E-state index in [1.54, 1.807) is 12.4 Å². The maximum atomic E-state index is 14.8. The van der Waals surface area contributed by atoms with E-state index in [0.717, 1.165) is 21.3 Å². The molecule has 0 saturated carbocycles. The number of rotatable bonds is 8. The van der Waals surface area contributed by atoms with Gasteiger partial charge in [0.2, 0.25) is 0 Å². The number of nitrogens with zero attached hydrogens (tertiary/aromatic N) is 2. The van der Waals surface area contributed by atoms with Gasteiger partial charge in [-0.25, -0.2) is 13.3 Å². The topological polar surface area (TPSA) is 142 Å². The summed E-state index contributed by atoms with van der Waals surface area (Å²) in [6.45, 7) is -1.04. The maximum absolute atomic E-state index is 14.8. The lowest BCUT2D eigenvalue weighted by Gasteiger charge is -2.14. The largest absolute Gasteiger partial charge is 0.471 e. The zero-order chi connectivity index (χ0) is 28.4. The highest BCUT2D eigenvalue weighted by molar-refractivity contribution is 7.46. The van der Waals surface area contributed by atoms with Crippen molar-refractivity contribution in [3.8, 4) is 11.3 Å². The Balaban J connectivity index is 2.11. The zero-order valence-electron chi connectivity index (χ0n) is 19.3. The van der Waals surface area contributed by atoms with Gasteiger partial charge in [0.05, 0.1) is 17.7 Å². The third-order valence-electron chi connectivity index (χ3n) is 4.91. The van der Waals surface area contributed by atoms with Gasteiger partial charge in [0.25, 0.3) is 11.8 Å². The van der Waals surface area contributed by atoms with Crippen molar-refractivity contribution in [2.24, 2.45) is 4.99 Å². The summed E-state index contributed by atoms with van der Waals surface area (Å²) in [4.78, 5) is 46.7. The average molecular weight is 600 g/mol. The first kappa shape index (κ1) is 29.6. The summed E-state index contributed by atoms with van der Waals surface area (Å²) in [6, 6.07) is 1.08. The van der Waals surface area contributed by atoms with E-state index in [1.807, 2.05) is 0 Å². The second-order valence-electron chi connectivity index (χ2n) is 7.34. The monoisotopic (exact) mass is 600 g/mol. The number of thiophene rings is 1. The van der Waals surface area contributed by atoms with Crippen LogP contribution in [-0.4, -0.2) is 40.3 Å². The van der Waals surface area contributed by atoms with Gasteiger partial charge in [-0.05, 0) is 23.1 Å². The van der Waals surface area contributed by atoms with E-state index in [9.17, 15) is 36.1 Å². The highest BCUT2D eigenvalue weighted by atomic mass is 32.1. The van der Waals surface area contributed by atoms with E-state index in [4.69, 9.17) is 9.79 Å². The number of halogens is 5.